The normalized spacial score (nSPS) is 19.5. The van der Waals surface area contributed by atoms with Gasteiger partial charge < -0.3 is 10.3 Å². The molecule has 1 aromatic heterocycles. The first-order valence-corrected chi connectivity index (χ1v) is 4.39. The fourth-order valence-corrected chi connectivity index (χ4v) is 1.35. The van der Waals surface area contributed by atoms with Gasteiger partial charge in [-0.25, -0.2) is 0 Å². The predicted molar refractivity (Wildman–Crippen MR) is 45.7 cm³/mol. The third-order valence-electron chi connectivity index (χ3n) is 2.63. The Kier molecular flexibility index (Phi) is 1.68. The van der Waals surface area contributed by atoms with E-state index < -0.39 is 0 Å². The fourth-order valence-electron chi connectivity index (χ4n) is 1.35. The molecule has 3 nitrogen and oxygen atoms in total. The van der Waals surface area contributed by atoms with E-state index in [1.807, 2.05) is 6.92 Å². The maximum absolute atomic E-state index is 5.96. The van der Waals surface area contributed by atoms with Gasteiger partial charge in [0.05, 0.1) is 6.20 Å². The van der Waals surface area contributed by atoms with Crippen LogP contribution in [-0.2, 0) is 6.42 Å². The van der Waals surface area contributed by atoms with Crippen molar-refractivity contribution in [2.45, 2.75) is 38.1 Å². The first kappa shape index (κ1) is 7.80. The van der Waals surface area contributed by atoms with Gasteiger partial charge >= 0.3 is 0 Å². The molecule has 0 aliphatic heterocycles. The summed E-state index contributed by atoms with van der Waals surface area (Å²) in [4.78, 5) is 0. The number of hydrogen-bond donors (Lipinski definition) is 1. The molecule has 3 heteroatoms. The van der Waals surface area contributed by atoms with E-state index in [-0.39, 0.29) is 5.54 Å². The molecular weight excluding hydrogens is 152 g/mol. The van der Waals surface area contributed by atoms with Crippen molar-refractivity contribution in [1.29, 1.82) is 0 Å². The summed E-state index contributed by atoms with van der Waals surface area (Å²) < 4.78 is 4.96. The standard InChI is InChI=1S/C9H14N2O/c1-7-8(6-11-12-7)2-3-9(10)4-5-9/h6H,2-5,10H2,1H3. The first-order chi connectivity index (χ1) is 5.70. The molecule has 0 aromatic carbocycles. The lowest BCUT2D eigenvalue weighted by Gasteiger charge is -2.05. The Bertz CT molecular complexity index is 276. The molecule has 0 saturated heterocycles. The Morgan fingerprint density at radius 1 is 1.67 bits per heavy atom. The Balaban J connectivity index is 1.91. The van der Waals surface area contributed by atoms with Crippen LogP contribution in [0.5, 0.6) is 0 Å². The zero-order valence-corrected chi connectivity index (χ0v) is 7.34. The average molecular weight is 166 g/mol. The molecule has 66 valence electrons. The second-order valence-corrected chi connectivity index (χ2v) is 3.77. The smallest absolute Gasteiger partial charge is 0.136 e. The fraction of sp³-hybridized carbons (Fsp3) is 0.667. The molecule has 0 unspecified atom stereocenters. The van der Waals surface area contributed by atoms with E-state index in [9.17, 15) is 0 Å². The Morgan fingerprint density at radius 2 is 2.42 bits per heavy atom. The van der Waals surface area contributed by atoms with E-state index >= 15 is 0 Å². The van der Waals surface area contributed by atoms with Crippen LogP contribution in [0, 0.1) is 6.92 Å². The molecule has 1 aromatic rings. The van der Waals surface area contributed by atoms with Crippen molar-refractivity contribution in [2.24, 2.45) is 5.73 Å². The molecule has 2 rings (SSSR count). The van der Waals surface area contributed by atoms with Crippen LogP contribution in [0.25, 0.3) is 0 Å². The van der Waals surface area contributed by atoms with E-state index in [1.54, 1.807) is 6.20 Å². The van der Waals surface area contributed by atoms with Crippen molar-refractivity contribution in [3.05, 3.63) is 17.5 Å². The van der Waals surface area contributed by atoms with Gasteiger partial charge in [-0.2, -0.15) is 0 Å². The van der Waals surface area contributed by atoms with Crippen molar-refractivity contribution < 1.29 is 4.52 Å². The Labute approximate surface area is 71.9 Å². The largest absolute Gasteiger partial charge is 0.361 e. The van der Waals surface area contributed by atoms with Gasteiger partial charge in [-0.3, -0.25) is 0 Å². The molecule has 12 heavy (non-hydrogen) atoms. The van der Waals surface area contributed by atoms with Crippen LogP contribution in [-0.4, -0.2) is 10.7 Å². The van der Waals surface area contributed by atoms with Crippen molar-refractivity contribution >= 4 is 0 Å². The summed E-state index contributed by atoms with van der Waals surface area (Å²) in [5.74, 6) is 0.930. The molecule has 1 heterocycles. The van der Waals surface area contributed by atoms with Crippen molar-refractivity contribution in [2.75, 3.05) is 0 Å². The van der Waals surface area contributed by atoms with Gasteiger partial charge in [0.15, 0.2) is 0 Å². The lowest BCUT2D eigenvalue weighted by molar-refractivity contribution is 0.395. The van der Waals surface area contributed by atoms with E-state index in [2.05, 4.69) is 5.16 Å². The molecule has 1 fully saturated rings. The zero-order chi connectivity index (χ0) is 8.60. The lowest BCUT2D eigenvalue weighted by atomic mass is 10.1. The molecule has 2 N–H and O–H groups in total. The van der Waals surface area contributed by atoms with Gasteiger partial charge in [-0.1, -0.05) is 5.16 Å². The molecule has 0 spiro atoms. The molecule has 1 aliphatic rings. The maximum Gasteiger partial charge on any atom is 0.136 e. The highest BCUT2D eigenvalue weighted by Gasteiger charge is 2.37. The number of aryl methyl sites for hydroxylation is 2. The topological polar surface area (TPSA) is 52.0 Å². The summed E-state index contributed by atoms with van der Waals surface area (Å²) in [6.45, 7) is 1.94. The summed E-state index contributed by atoms with van der Waals surface area (Å²) in [5.41, 5.74) is 7.31. The minimum atomic E-state index is 0.143. The summed E-state index contributed by atoms with van der Waals surface area (Å²) in [6.07, 6.45) is 6.22. The van der Waals surface area contributed by atoms with Gasteiger partial charge in [0, 0.05) is 11.1 Å². The number of aromatic nitrogens is 1. The molecule has 0 atom stereocenters. The number of hydrogen-bond acceptors (Lipinski definition) is 3. The molecule has 0 amide bonds. The highest BCUT2D eigenvalue weighted by atomic mass is 16.5. The second kappa shape index (κ2) is 2.59. The minimum absolute atomic E-state index is 0.143. The van der Waals surface area contributed by atoms with E-state index in [1.165, 1.54) is 18.4 Å². The SMILES string of the molecule is Cc1oncc1CCC1(N)CC1. The maximum atomic E-state index is 5.96. The number of nitrogens with two attached hydrogens (primary N) is 1. The first-order valence-electron chi connectivity index (χ1n) is 4.39. The van der Waals surface area contributed by atoms with Crippen LogP contribution in [0.1, 0.15) is 30.6 Å². The van der Waals surface area contributed by atoms with Gasteiger partial charge in [0.2, 0.25) is 0 Å². The van der Waals surface area contributed by atoms with Gasteiger partial charge in [-0.15, -0.1) is 0 Å². The van der Waals surface area contributed by atoms with Crippen LogP contribution < -0.4 is 5.73 Å². The molecule has 0 radical (unpaired) electrons. The van der Waals surface area contributed by atoms with Crippen LogP contribution in [0.4, 0.5) is 0 Å². The van der Waals surface area contributed by atoms with Crippen LogP contribution >= 0.6 is 0 Å². The third kappa shape index (κ3) is 1.50. The minimum Gasteiger partial charge on any atom is -0.361 e. The summed E-state index contributed by atoms with van der Waals surface area (Å²) in [5, 5.41) is 3.73. The summed E-state index contributed by atoms with van der Waals surface area (Å²) in [7, 11) is 0. The highest BCUT2D eigenvalue weighted by Crippen LogP contribution is 2.36. The lowest BCUT2D eigenvalue weighted by Crippen LogP contribution is -2.22. The van der Waals surface area contributed by atoms with Crippen molar-refractivity contribution in [3.63, 3.8) is 0 Å². The zero-order valence-electron chi connectivity index (χ0n) is 7.34. The van der Waals surface area contributed by atoms with Crippen molar-refractivity contribution in [3.8, 4) is 0 Å². The summed E-state index contributed by atoms with van der Waals surface area (Å²) in [6, 6.07) is 0. The second-order valence-electron chi connectivity index (χ2n) is 3.77. The molecular formula is C9H14N2O. The molecule has 1 aliphatic carbocycles. The monoisotopic (exact) mass is 166 g/mol. The Hall–Kier alpha value is -0.830. The van der Waals surface area contributed by atoms with Crippen LogP contribution in [0.2, 0.25) is 0 Å². The van der Waals surface area contributed by atoms with Crippen LogP contribution in [0.15, 0.2) is 10.7 Å². The van der Waals surface area contributed by atoms with Gasteiger partial charge in [0.25, 0.3) is 0 Å². The molecule has 0 bridgehead atoms. The number of rotatable bonds is 3. The van der Waals surface area contributed by atoms with E-state index in [0.29, 0.717) is 0 Å². The number of nitrogens with zero attached hydrogens (tertiary/aromatic N) is 1. The quantitative estimate of drug-likeness (QED) is 0.738. The van der Waals surface area contributed by atoms with E-state index in [0.717, 1.165) is 18.6 Å². The van der Waals surface area contributed by atoms with Gasteiger partial charge in [0.1, 0.15) is 5.76 Å². The van der Waals surface area contributed by atoms with Crippen molar-refractivity contribution in [1.82, 2.24) is 5.16 Å². The Morgan fingerprint density at radius 3 is 2.92 bits per heavy atom. The van der Waals surface area contributed by atoms with Gasteiger partial charge in [-0.05, 0) is 32.6 Å². The summed E-state index contributed by atoms with van der Waals surface area (Å²) >= 11 is 0. The third-order valence-corrected chi connectivity index (χ3v) is 2.63. The highest BCUT2D eigenvalue weighted by molar-refractivity contribution is 5.13. The molecule has 1 saturated carbocycles. The predicted octanol–water partition coefficient (Wildman–Crippen LogP) is 1.41. The van der Waals surface area contributed by atoms with Crippen LogP contribution in [0.3, 0.4) is 0 Å². The van der Waals surface area contributed by atoms with E-state index in [4.69, 9.17) is 10.3 Å². The average Bonchev–Trinajstić information content (AvgIpc) is 2.61.